The molecule has 168 valence electrons. The first-order chi connectivity index (χ1) is 16.5. The number of carbonyl (C=O) groups excluding carboxylic acids is 1. The highest BCUT2D eigenvalue weighted by Gasteiger charge is 2.14. The van der Waals surface area contributed by atoms with E-state index in [2.05, 4.69) is 27.9 Å². The van der Waals surface area contributed by atoms with Crippen molar-refractivity contribution in [1.29, 1.82) is 0 Å². The van der Waals surface area contributed by atoms with Gasteiger partial charge in [-0.1, -0.05) is 66.7 Å². The van der Waals surface area contributed by atoms with Gasteiger partial charge in [-0.05, 0) is 81.8 Å². The zero-order chi connectivity index (χ0) is 23.9. The van der Waals surface area contributed by atoms with Gasteiger partial charge in [-0.15, -0.1) is 0 Å². The van der Waals surface area contributed by atoms with E-state index in [0.717, 1.165) is 20.4 Å². The number of carboxylic acid groups (broad SMARTS) is 1. The maximum absolute atomic E-state index is 12.7. The van der Waals surface area contributed by atoms with Crippen molar-refractivity contribution in [3.63, 3.8) is 0 Å². The molecule has 0 bridgehead atoms. The van der Waals surface area contributed by atoms with Crippen LogP contribution in [0.25, 0.3) is 17.2 Å². The molecule has 0 aliphatic carbocycles. The topological polar surface area (TPSA) is 75.6 Å². The molecule has 5 nitrogen and oxygen atoms in total. The van der Waals surface area contributed by atoms with E-state index in [1.54, 1.807) is 36.4 Å². The summed E-state index contributed by atoms with van der Waals surface area (Å²) < 4.78 is 6.85. The van der Waals surface area contributed by atoms with Crippen molar-refractivity contribution in [2.24, 2.45) is 0 Å². The molecule has 0 aliphatic rings. The molecule has 0 saturated carbocycles. The lowest BCUT2D eigenvalue weighted by atomic mass is 10.0. The Balaban J connectivity index is 1.46. The minimum absolute atomic E-state index is 0.219. The zero-order valence-electron chi connectivity index (χ0n) is 17.9. The molecule has 0 spiro atoms. The van der Waals surface area contributed by atoms with Gasteiger partial charge >= 0.3 is 5.97 Å². The van der Waals surface area contributed by atoms with Gasteiger partial charge in [0.15, 0.2) is 0 Å². The van der Waals surface area contributed by atoms with E-state index in [-0.39, 0.29) is 5.70 Å². The Labute approximate surface area is 210 Å². The van der Waals surface area contributed by atoms with Crippen molar-refractivity contribution >= 4 is 40.5 Å². The fraction of sp³-hybridized carbons (Fsp3) is 0. The quantitative estimate of drug-likeness (QED) is 0.197. The minimum Gasteiger partial charge on any atom is -0.477 e. The summed E-state index contributed by atoms with van der Waals surface area (Å²) in [5, 5.41) is 12.1. The molecule has 34 heavy (non-hydrogen) atoms. The van der Waals surface area contributed by atoms with Gasteiger partial charge in [0, 0.05) is 5.56 Å². The van der Waals surface area contributed by atoms with Crippen LogP contribution >= 0.6 is 22.6 Å². The van der Waals surface area contributed by atoms with E-state index in [0.29, 0.717) is 16.9 Å². The standard InChI is InChI=1S/C28H20INO4/c29-24-8-4-5-9-26(24)34-23-16-10-19(11-17-23)18-25(28(32)33)30-27(31)22-14-12-21(13-15-22)20-6-2-1-3-7-20/h1-18H,(H,30,31)(H,32,33). The summed E-state index contributed by atoms with van der Waals surface area (Å²) in [6.07, 6.45) is 1.41. The molecule has 0 fully saturated rings. The first-order valence-corrected chi connectivity index (χ1v) is 11.5. The van der Waals surface area contributed by atoms with Crippen molar-refractivity contribution in [2.75, 3.05) is 0 Å². The van der Waals surface area contributed by atoms with Crippen LogP contribution in [0.5, 0.6) is 11.5 Å². The fourth-order valence-electron chi connectivity index (χ4n) is 3.24. The van der Waals surface area contributed by atoms with Gasteiger partial charge in [0.05, 0.1) is 3.57 Å². The molecule has 0 saturated heterocycles. The molecular formula is C28H20INO4. The highest BCUT2D eigenvalue weighted by Crippen LogP contribution is 2.27. The highest BCUT2D eigenvalue weighted by atomic mass is 127. The number of para-hydroxylation sites is 1. The number of carboxylic acids is 1. The molecule has 4 aromatic rings. The van der Waals surface area contributed by atoms with E-state index in [1.165, 1.54) is 6.08 Å². The van der Waals surface area contributed by atoms with E-state index in [4.69, 9.17) is 4.74 Å². The van der Waals surface area contributed by atoms with Crippen molar-refractivity contribution in [2.45, 2.75) is 0 Å². The summed E-state index contributed by atoms with van der Waals surface area (Å²) in [6, 6.07) is 31.4. The summed E-state index contributed by atoms with van der Waals surface area (Å²) >= 11 is 2.20. The average Bonchev–Trinajstić information content (AvgIpc) is 2.86. The van der Waals surface area contributed by atoms with Crippen LogP contribution in [0.4, 0.5) is 0 Å². The smallest absolute Gasteiger partial charge is 0.352 e. The van der Waals surface area contributed by atoms with Crippen molar-refractivity contribution in [1.82, 2.24) is 5.32 Å². The van der Waals surface area contributed by atoms with Gasteiger partial charge in [0.2, 0.25) is 0 Å². The normalized spacial score (nSPS) is 11.0. The molecule has 0 aromatic heterocycles. The predicted octanol–water partition coefficient (Wildman–Crippen LogP) is 6.61. The van der Waals surface area contributed by atoms with Crippen LogP contribution in [0.2, 0.25) is 0 Å². The van der Waals surface area contributed by atoms with Crippen molar-refractivity contribution < 1.29 is 19.4 Å². The monoisotopic (exact) mass is 561 g/mol. The predicted molar refractivity (Wildman–Crippen MR) is 141 cm³/mol. The van der Waals surface area contributed by atoms with Gasteiger partial charge in [0.25, 0.3) is 5.91 Å². The molecule has 0 aliphatic heterocycles. The molecule has 0 heterocycles. The van der Waals surface area contributed by atoms with Crippen LogP contribution in [0, 0.1) is 3.57 Å². The summed E-state index contributed by atoms with van der Waals surface area (Å²) in [5.41, 5.74) is 2.78. The van der Waals surface area contributed by atoms with Crippen LogP contribution in [-0.4, -0.2) is 17.0 Å². The second-order valence-corrected chi connectivity index (χ2v) is 8.52. The van der Waals surface area contributed by atoms with E-state index in [9.17, 15) is 14.7 Å². The van der Waals surface area contributed by atoms with Gasteiger partial charge in [0.1, 0.15) is 17.2 Å². The Morgan fingerprint density at radius 1 is 0.765 bits per heavy atom. The van der Waals surface area contributed by atoms with Crippen molar-refractivity contribution in [3.05, 3.63) is 124 Å². The summed E-state index contributed by atoms with van der Waals surface area (Å²) in [6.45, 7) is 0. The zero-order valence-corrected chi connectivity index (χ0v) is 20.1. The Kier molecular flexibility index (Phi) is 7.39. The fourth-order valence-corrected chi connectivity index (χ4v) is 3.74. The van der Waals surface area contributed by atoms with Gasteiger partial charge in [-0.2, -0.15) is 0 Å². The molecule has 2 N–H and O–H groups in total. The van der Waals surface area contributed by atoms with Crippen LogP contribution in [0.15, 0.2) is 109 Å². The third-order valence-electron chi connectivity index (χ3n) is 4.99. The second kappa shape index (κ2) is 10.8. The third kappa shape index (κ3) is 5.90. The summed E-state index contributed by atoms with van der Waals surface area (Å²) in [4.78, 5) is 24.4. The molecule has 4 aromatic carbocycles. The molecule has 0 atom stereocenters. The largest absolute Gasteiger partial charge is 0.477 e. The lowest BCUT2D eigenvalue weighted by Crippen LogP contribution is -2.27. The highest BCUT2D eigenvalue weighted by molar-refractivity contribution is 14.1. The first-order valence-electron chi connectivity index (χ1n) is 10.4. The number of hydrogen-bond donors (Lipinski definition) is 2. The maximum atomic E-state index is 12.7. The molecule has 1 amide bonds. The number of amides is 1. The Morgan fingerprint density at radius 3 is 2.03 bits per heavy atom. The number of hydrogen-bond acceptors (Lipinski definition) is 3. The van der Waals surface area contributed by atoms with Gasteiger partial charge < -0.3 is 15.2 Å². The van der Waals surface area contributed by atoms with E-state index < -0.39 is 11.9 Å². The van der Waals surface area contributed by atoms with Gasteiger partial charge in [-0.25, -0.2) is 4.79 Å². The third-order valence-corrected chi connectivity index (χ3v) is 5.88. The summed E-state index contributed by atoms with van der Waals surface area (Å²) in [7, 11) is 0. The summed E-state index contributed by atoms with van der Waals surface area (Å²) in [5.74, 6) is -0.357. The number of ether oxygens (including phenoxy) is 1. The SMILES string of the molecule is O=C(O)C(=Cc1ccc(Oc2ccccc2I)cc1)NC(=O)c1ccc(-c2ccccc2)cc1. The number of carbonyl (C=O) groups is 2. The maximum Gasteiger partial charge on any atom is 0.352 e. The number of nitrogens with one attached hydrogen (secondary N) is 1. The Morgan fingerprint density at radius 2 is 1.38 bits per heavy atom. The van der Waals surface area contributed by atoms with E-state index >= 15 is 0 Å². The number of rotatable bonds is 7. The molecule has 6 heteroatoms. The van der Waals surface area contributed by atoms with Crippen LogP contribution in [0.1, 0.15) is 15.9 Å². The van der Waals surface area contributed by atoms with Gasteiger partial charge in [-0.3, -0.25) is 4.79 Å². The second-order valence-electron chi connectivity index (χ2n) is 7.36. The lowest BCUT2D eigenvalue weighted by Gasteiger charge is -2.09. The van der Waals surface area contributed by atoms with E-state index in [1.807, 2.05) is 66.7 Å². The molecule has 4 rings (SSSR count). The molecule has 0 unspecified atom stereocenters. The minimum atomic E-state index is -1.23. The first kappa shape index (κ1) is 23.3. The number of aliphatic carboxylic acids is 1. The van der Waals surface area contributed by atoms with Crippen molar-refractivity contribution in [3.8, 4) is 22.6 Å². The number of benzene rings is 4. The Bertz CT molecular complexity index is 1330. The Hall–Kier alpha value is -3.91. The molecule has 0 radical (unpaired) electrons. The average molecular weight is 561 g/mol. The van der Waals surface area contributed by atoms with Crippen LogP contribution in [-0.2, 0) is 4.79 Å². The molecular weight excluding hydrogens is 541 g/mol. The lowest BCUT2D eigenvalue weighted by molar-refractivity contribution is -0.132. The number of halogens is 1. The van der Waals surface area contributed by atoms with Crippen LogP contribution in [0.3, 0.4) is 0 Å². The van der Waals surface area contributed by atoms with Crippen LogP contribution < -0.4 is 10.1 Å².